The van der Waals surface area contributed by atoms with Crippen LogP contribution in [-0.2, 0) is 35.3 Å². The standard InChI is InChI=1S/C36H53N5O7/c1-8-13-24(29(43)32(45)38-19-26(42)37-18-22-15-10-9-11-16-22)39-31(44)28-27-23(36(27,6)7)20-41(28)33(46)30(35(3,4)5)40-34(47)48-25-17-12-14-21(25)2/h9-11,15-16,21,23-25,27-28,30H,8,12-14,17-20H2,1-7H3,(H,37,42)(H,38,45)(H,39,44)(H,40,47)/t21?,23-,24?,25?,27-,28-,30+/m0/s1. The van der Waals surface area contributed by atoms with Crippen LogP contribution in [0.3, 0.4) is 0 Å². The number of benzene rings is 1. The number of hydrogen-bond acceptors (Lipinski definition) is 7. The lowest BCUT2D eigenvalue weighted by molar-refractivity contribution is -0.145. The van der Waals surface area contributed by atoms with Gasteiger partial charge in [-0.1, -0.05) is 85.2 Å². The Hall–Kier alpha value is -3.96. The predicted molar refractivity (Wildman–Crippen MR) is 179 cm³/mol. The molecule has 264 valence electrons. The van der Waals surface area contributed by atoms with Crippen LogP contribution in [0.25, 0.3) is 0 Å². The van der Waals surface area contributed by atoms with Crippen molar-refractivity contribution in [2.45, 2.75) is 111 Å². The number of ether oxygens (including phenoxy) is 1. The molecular formula is C36H53N5O7. The van der Waals surface area contributed by atoms with Gasteiger partial charge in [-0.3, -0.25) is 24.0 Å². The molecule has 0 spiro atoms. The fourth-order valence-electron chi connectivity index (χ4n) is 7.28. The highest BCUT2D eigenvalue weighted by molar-refractivity contribution is 6.38. The molecule has 7 atom stereocenters. The largest absolute Gasteiger partial charge is 0.446 e. The van der Waals surface area contributed by atoms with Gasteiger partial charge in [-0.05, 0) is 59.8 Å². The number of Topliss-reactive ketones (excluding diaryl/α,β-unsaturated/α-hetero) is 1. The zero-order valence-electron chi connectivity index (χ0n) is 29.4. The first-order valence-corrected chi connectivity index (χ1v) is 17.3. The number of rotatable bonds is 13. The van der Waals surface area contributed by atoms with Crippen LogP contribution in [0.15, 0.2) is 30.3 Å². The van der Waals surface area contributed by atoms with Crippen LogP contribution in [0.4, 0.5) is 4.79 Å². The molecule has 1 aliphatic heterocycles. The smallest absolute Gasteiger partial charge is 0.408 e. The van der Waals surface area contributed by atoms with Crippen molar-refractivity contribution in [3.63, 3.8) is 0 Å². The first-order chi connectivity index (χ1) is 22.6. The third-order valence-corrected chi connectivity index (χ3v) is 10.4. The van der Waals surface area contributed by atoms with E-state index in [1.165, 1.54) is 4.90 Å². The summed E-state index contributed by atoms with van der Waals surface area (Å²) >= 11 is 0. The zero-order chi connectivity index (χ0) is 35.4. The molecule has 4 rings (SSSR count). The third kappa shape index (κ3) is 8.54. The van der Waals surface area contributed by atoms with Gasteiger partial charge in [-0.2, -0.15) is 0 Å². The van der Waals surface area contributed by atoms with Gasteiger partial charge in [-0.15, -0.1) is 0 Å². The molecular weight excluding hydrogens is 614 g/mol. The third-order valence-electron chi connectivity index (χ3n) is 10.4. The number of nitrogens with zero attached hydrogens (tertiary/aromatic N) is 1. The molecule has 1 aromatic rings. The maximum Gasteiger partial charge on any atom is 0.408 e. The highest BCUT2D eigenvalue weighted by Crippen LogP contribution is 2.65. The van der Waals surface area contributed by atoms with Crippen molar-refractivity contribution in [2.75, 3.05) is 13.1 Å². The van der Waals surface area contributed by atoms with Gasteiger partial charge in [0.2, 0.25) is 23.5 Å². The summed E-state index contributed by atoms with van der Waals surface area (Å²) in [5.74, 6) is -3.02. The molecule has 1 heterocycles. The number of likely N-dealkylation sites (tertiary alicyclic amines) is 1. The zero-order valence-corrected chi connectivity index (χ0v) is 29.4. The first-order valence-electron chi connectivity index (χ1n) is 17.3. The second-order valence-corrected chi connectivity index (χ2v) is 15.3. The van der Waals surface area contributed by atoms with Gasteiger partial charge in [0, 0.05) is 13.1 Å². The van der Waals surface area contributed by atoms with Crippen molar-refractivity contribution in [2.24, 2.45) is 28.6 Å². The number of nitrogens with one attached hydrogen (secondary N) is 4. The summed E-state index contributed by atoms with van der Waals surface area (Å²) in [5.41, 5.74) is 0.00515. The van der Waals surface area contributed by atoms with Gasteiger partial charge in [-0.25, -0.2) is 4.79 Å². The van der Waals surface area contributed by atoms with Crippen LogP contribution in [0, 0.1) is 28.6 Å². The minimum Gasteiger partial charge on any atom is -0.446 e. The van der Waals surface area contributed by atoms with Crippen molar-refractivity contribution in [1.29, 1.82) is 0 Å². The van der Waals surface area contributed by atoms with Crippen molar-refractivity contribution in [3.05, 3.63) is 35.9 Å². The Balaban J connectivity index is 1.41. The predicted octanol–water partition coefficient (Wildman–Crippen LogP) is 3.09. The molecule has 3 unspecified atom stereocenters. The first kappa shape index (κ1) is 36.9. The van der Waals surface area contributed by atoms with E-state index in [4.69, 9.17) is 4.74 Å². The Morgan fingerprint density at radius 2 is 1.69 bits per heavy atom. The Bertz CT molecular complexity index is 1370. The molecule has 5 amide bonds. The van der Waals surface area contributed by atoms with E-state index in [-0.39, 0.29) is 48.1 Å². The van der Waals surface area contributed by atoms with Gasteiger partial charge in [0.1, 0.15) is 18.2 Å². The minimum atomic E-state index is -1.13. The molecule has 3 fully saturated rings. The van der Waals surface area contributed by atoms with Gasteiger partial charge < -0.3 is 30.9 Å². The van der Waals surface area contributed by atoms with Crippen LogP contribution in [0.5, 0.6) is 0 Å². The van der Waals surface area contributed by atoms with Gasteiger partial charge in [0.15, 0.2) is 0 Å². The molecule has 1 saturated heterocycles. The van der Waals surface area contributed by atoms with E-state index in [0.29, 0.717) is 13.0 Å². The van der Waals surface area contributed by atoms with Crippen LogP contribution in [-0.4, -0.2) is 77.7 Å². The molecule has 0 aromatic heterocycles. The van der Waals surface area contributed by atoms with Crippen molar-refractivity contribution in [3.8, 4) is 0 Å². The topological polar surface area (TPSA) is 163 Å². The van der Waals surface area contributed by atoms with E-state index in [2.05, 4.69) is 35.1 Å². The molecule has 48 heavy (non-hydrogen) atoms. The number of ketones is 1. The maximum atomic E-state index is 14.2. The highest BCUT2D eigenvalue weighted by Gasteiger charge is 2.70. The second-order valence-electron chi connectivity index (χ2n) is 15.3. The fraction of sp³-hybridized carbons (Fsp3) is 0.667. The number of fused-ring (bicyclic) bond motifs is 1. The van der Waals surface area contributed by atoms with E-state index < -0.39 is 59.7 Å². The van der Waals surface area contributed by atoms with Gasteiger partial charge in [0.25, 0.3) is 5.91 Å². The highest BCUT2D eigenvalue weighted by atomic mass is 16.6. The summed E-state index contributed by atoms with van der Waals surface area (Å²) in [7, 11) is 0. The molecule has 0 bridgehead atoms. The van der Waals surface area contributed by atoms with E-state index in [0.717, 1.165) is 24.8 Å². The number of piperidine rings is 1. The average molecular weight is 668 g/mol. The molecule has 0 radical (unpaired) electrons. The Morgan fingerprint density at radius 3 is 2.29 bits per heavy atom. The average Bonchev–Trinajstić information content (AvgIpc) is 3.36. The van der Waals surface area contributed by atoms with Crippen molar-refractivity contribution < 1.29 is 33.5 Å². The SMILES string of the molecule is CCCC(NC(=O)[C@@H]1[C@@H]2[C@H](CN1C(=O)[C@@H](NC(=O)OC1CCCC1C)C(C)(C)C)C2(C)C)C(=O)C(=O)NCC(=O)NCc1ccccc1. The normalized spacial score (nSPS) is 25.2. The Kier molecular flexibility index (Phi) is 11.6. The molecule has 1 aromatic carbocycles. The van der Waals surface area contributed by atoms with Crippen molar-refractivity contribution in [1.82, 2.24) is 26.2 Å². The summed E-state index contributed by atoms with van der Waals surface area (Å²) in [4.78, 5) is 81.0. The molecule has 12 heteroatoms. The van der Waals surface area contributed by atoms with E-state index in [1.54, 1.807) is 0 Å². The number of carbonyl (C=O) groups is 6. The summed E-state index contributed by atoms with van der Waals surface area (Å²) in [5, 5.41) is 10.6. The number of carbonyl (C=O) groups excluding carboxylic acids is 6. The van der Waals surface area contributed by atoms with E-state index in [9.17, 15) is 28.8 Å². The monoisotopic (exact) mass is 667 g/mol. The van der Waals surface area contributed by atoms with E-state index in [1.807, 2.05) is 65.0 Å². The molecule has 4 N–H and O–H groups in total. The molecule has 12 nitrogen and oxygen atoms in total. The van der Waals surface area contributed by atoms with Crippen LogP contribution in [0.1, 0.15) is 86.1 Å². The fourth-order valence-corrected chi connectivity index (χ4v) is 7.28. The van der Waals surface area contributed by atoms with Gasteiger partial charge in [0.05, 0.1) is 12.6 Å². The lowest BCUT2D eigenvalue weighted by atomic mass is 9.85. The van der Waals surface area contributed by atoms with Crippen LogP contribution >= 0.6 is 0 Å². The number of amides is 5. The summed E-state index contributed by atoms with van der Waals surface area (Å²) < 4.78 is 5.70. The Labute approximate surface area is 283 Å². The minimum absolute atomic E-state index is 0.0714. The summed E-state index contributed by atoms with van der Waals surface area (Å²) in [6.45, 7) is 13.7. The molecule has 3 aliphatic rings. The second kappa shape index (κ2) is 15.1. The summed E-state index contributed by atoms with van der Waals surface area (Å²) in [6, 6.07) is 6.31. The summed E-state index contributed by atoms with van der Waals surface area (Å²) in [6.07, 6.45) is 2.60. The van der Waals surface area contributed by atoms with Gasteiger partial charge >= 0.3 is 6.09 Å². The number of alkyl carbamates (subject to hydrolysis) is 1. The quantitative estimate of drug-likeness (QED) is 0.235. The molecule has 2 aliphatic carbocycles. The molecule has 2 saturated carbocycles. The lowest BCUT2D eigenvalue weighted by Crippen LogP contribution is -2.60. The number of hydrogen-bond donors (Lipinski definition) is 4. The van der Waals surface area contributed by atoms with E-state index >= 15 is 0 Å². The lowest BCUT2D eigenvalue weighted by Gasteiger charge is -2.38. The Morgan fingerprint density at radius 1 is 1.00 bits per heavy atom. The van der Waals surface area contributed by atoms with Crippen molar-refractivity contribution >= 4 is 35.5 Å². The van der Waals surface area contributed by atoms with Crippen LogP contribution in [0.2, 0.25) is 0 Å². The van der Waals surface area contributed by atoms with Crippen LogP contribution < -0.4 is 21.3 Å². The maximum absolute atomic E-state index is 14.2.